The van der Waals surface area contributed by atoms with Crippen molar-refractivity contribution in [3.05, 3.63) is 63.7 Å². The Bertz CT molecular complexity index is 840. The van der Waals surface area contributed by atoms with Crippen LogP contribution < -0.4 is 14.8 Å². The number of benzene rings is 2. The number of nitrogens with zero attached hydrogens (tertiary/aromatic N) is 1. The van der Waals surface area contributed by atoms with Crippen molar-refractivity contribution < 1.29 is 32.4 Å². The lowest BCUT2D eigenvalue weighted by Crippen LogP contribution is -2.24. The van der Waals surface area contributed by atoms with E-state index in [9.17, 15) is 28.1 Å². The normalized spacial score (nSPS) is 11.0. The van der Waals surface area contributed by atoms with E-state index in [4.69, 9.17) is 4.74 Å². The van der Waals surface area contributed by atoms with Gasteiger partial charge in [0.25, 0.3) is 11.6 Å². The van der Waals surface area contributed by atoms with Crippen LogP contribution in [0.15, 0.2) is 42.5 Å². The molecule has 0 aromatic heterocycles. The van der Waals surface area contributed by atoms with Gasteiger partial charge in [0.15, 0.2) is 6.61 Å². The van der Waals surface area contributed by atoms with E-state index in [-0.39, 0.29) is 12.3 Å². The zero-order valence-corrected chi connectivity index (χ0v) is 14.1. The predicted molar refractivity (Wildman–Crippen MR) is 88.8 cm³/mol. The number of hydrogen-bond acceptors (Lipinski definition) is 5. The molecule has 0 heterocycles. The highest BCUT2D eigenvalue weighted by molar-refractivity contribution is 5.98. The van der Waals surface area contributed by atoms with E-state index in [1.165, 1.54) is 7.11 Å². The summed E-state index contributed by atoms with van der Waals surface area (Å²) in [4.78, 5) is 22.7. The molecule has 27 heavy (non-hydrogen) atoms. The first-order valence-corrected chi connectivity index (χ1v) is 7.59. The largest absolute Gasteiger partial charge is 0.496 e. The maximum absolute atomic E-state index is 12.4. The molecule has 0 aliphatic rings. The number of nitrogens with one attached hydrogen (secondary N) is 1. The number of halogens is 3. The van der Waals surface area contributed by atoms with Gasteiger partial charge in [-0.15, -0.1) is 0 Å². The molecule has 0 saturated carbocycles. The van der Waals surface area contributed by atoms with Crippen LogP contribution in [-0.4, -0.2) is 30.7 Å². The SMILES string of the molecule is COc1ccccc1CNC(=O)c1cc(OCC(F)(F)F)ccc1[N+](=O)[O-]. The van der Waals surface area contributed by atoms with Crippen molar-refractivity contribution in [2.75, 3.05) is 13.7 Å². The van der Waals surface area contributed by atoms with E-state index in [0.717, 1.165) is 18.2 Å². The van der Waals surface area contributed by atoms with Gasteiger partial charge in [-0.2, -0.15) is 13.2 Å². The number of amides is 1. The van der Waals surface area contributed by atoms with Crippen LogP contribution in [0.3, 0.4) is 0 Å². The van der Waals surface area contributed by atoms with E-state index in [0.29, 0.717) is 11.3 Å². The van der Waals surface area contributed by atoms with E-state index in [1.54, 1.807) is 24.3 Å². The zero-order valence-electron chi connectivity index (χ0n) is 14.1. The number of rotatable bonds is 7. The van der Waals surface area contributed by atoms with Gasteiger partial charge < -0.3 is 14.8 Å². The maximum atomic E-state index is 12.4. The quantitative estimate of drug-likeness (QED) is 0.583. The van der Waals surface area contributed by atoms with Gasteiger partial charge in [-0.05, 0) is 18.2 Å². The van der Waals surface area contributed by atoms with Gasteiger partial charge in [0, 0.05) is 18.2 Å². The van der Waals surface area contributed by atoms with Gasteiger partial charge >= 0.3 is 6.18 Å². The number of carbonyl (C=O) groups is 1. The Morgan fingerprint density at radius 1 is 1.22 bits per heavy atom. The second kappa shape index (κ2) is 8.39. The van der Waals surface area contributed by atoms with Crippen molar-refractivity contribution in [3.63, 3.8) is 0 Å². The molecule has 7 nitrogen and oxygen atoms in total. The number of ether oxygens (including phenoxy) is 2. The third kappa shape index (κ3) is 5.59. The van der Waals surface area contributed by atoms with E-state index >= 15 is 0 Å². The summed E-state index contributed by atoms with van der Waals surface area (Å²) in [5, 5.41) is 13.6. The molecule has 2 aromatic carbocycles. The summed E-state index contributed by atoms with van der Waals surface area (Å²) < 4.78 is 46.5. The molecule has 0 unspecified atom stereocenters. The first kappa shape index (κ1) is 20.0. The van der Waals surface area contributed by atoms with Gasteiger partial charge in [0.1, 0.15) is 17.1 Å². The van der Waals surface area contributed by atoms with Gasteiger partial charge in [-0.1, -0.05) is 18.2 Å². The minimum atomic E-state index is -4.58. The van der Waals surface area contributed by atoms with Gasteiger partial charge in [-0.3, -0.25) is 14.9 Å². The summed E-state index contributed by atoms with van der Waals surface area (Å²) in [5.74, 6) is -0.625. The number of nitro groups is 1. The number of para-hydroxylation sites is 1. The number of alkyl halides is 3. The molecule has 0 radical (unpaired) electrons. The Kier molecular flexibility index (Phi) is 6.22. The van der Waals surface area contributed by atoms with Crippen LogP contribution in [0.5, 0.6) is 11.5 Å². The molecule has 10 heteroatoms. The first-order chi connectivity index (χ1) is 12.7. The molecule has 0 spiro atoms. The Hall–Kier alpha value is -3.30. The van der Waals surface area contributed by atoms with Gasteiger partial charge in [-0.25, -0.2) is 0 Å². The number of carbonyl (C=O) groups excluding carboxylic acids is 1. The van der Waals surface area contributed by atoms with E-state index in [2.05, 4.69) is 10.1 Å². The molecular weight excluding hydrogens is 369 g/mol. The van der Waals surface area contributed by atoms with Crippen LogP contribution in [0.4, 0.5) is 18.9 Å². The molecule has 0 aliphatic carbocycles. The van der Waals surface area contributed by atoms with Crippen molar-refractivity contribution in [1.82, 2.24) is 5.32 Å². The van der Waals surface area contributed by atoms with Crippen LogP contribution in [0.25, 0.3) is 0 Å². The summed E-state index contributed by atoms with van der Waals surface area (Å²) >= 11 is 0. The maximum Gasteiger partial charge on any atom is 0.422 e. The number of hydrogen-bond donors (Lipinski definition) is 1. The highest BCUT2D eigenvalue weighted by Gasteiger charge is 2.29. The molecule has 1 N–H and O–H groups in total. The third-order valence-corrected chi connectivity index (χ3v) is 3.44. The molecule has 0 saturated heterocycles. The van der Waals surface area contributed by atoms with Crippen molar-refractivity contribution in [2.45, 2.75) is 12.7 Å². The molecule has 1 amide bonds. The van der Waals surface area contributed by atoms with E-state index in [1.807, 2.05) is 0 Å². The van der Waals surface area contributed by atoms with Crippen molar-refractivity contribution in [1.29, 1.82) is 0 Å². The van der Waals surface area contributed by atoms with Crippen LogP contribution >= 0.6 is 0 Å². The molecule has 0 fully saturated rings. The second-order valence-electron chi connectivity index (χ2n) is 5.33. The minimum Gasteiger partial charge on any atom is -0.496 e. The lowest BCUT2D eigenvalue weighted by molar-refractivity contribution is -0.385. The molecule has 144 valence electrons. The Morgan fingerprint density at radius 3 is 2.56 bits per heavy atom. The first-order valence-electron chi connectivity index (χ1n) is 7.59. The molecular formula is C17H15F3N2O5. The second-order valence-corrected chi connectivity index (χ2v) is 5.33. The predicted octanol–water partition coefficient (Wildman–Crippen LogP) is 3.47. The van der Waals surface area contributed by atoms with E-state index < -0.39 is 34.9 Å². The zero-order chi connectivity index (χ0) is 20.0. The smallest absolute Gasteiger partial charge is 0.422 e. The monoisotopic (exact) mass is 384 g/mol. The van der Waals surface area contributed by atoms with Crippen LogP contribution in [0, 0.1) is 10.1 Å². The summed E-state index contributed by atoms with van der Waals surface area (Å²) in [6, 6.07) is 9.65. The standard InChI is InChI=1S/C17H15F3N2O5/c1-26-15-5-3-2-4-11(15)9-21-16(23)13-8-12(27-10-17(18,19)20)6-7-14(13)22(24)25/h2-8H,9-10H2,1H3,(H,21,23). The Balaban J connectivity index is 2.20. The Labute approximate surface area is 151 Å². The van der Waals surface area contributed by atoms with Crippen LogP contribution in [0.1, 0.15) is 15.9 Å². The fourth-order valence-corrected chi connectivity index (χ4v) is 2.23. The third-order valence-electron chi connectivity index (χ3n) is 3.44. The lowest BCUT2D eigenvalue weighted by Gasteiger charge is -2.12. The number of nitro benzene ring substituents is 1. The molecule has 2 rings (SSSR count). The molecule has 0 bridgehead atoms. The molecule has 2 aromatic rings. The molecule has 0 atom stereocenters. The fraction of sp³-hybridized carbons (Fsp3) is 0.235. The van der Waals surface area contributed by atoms with Crippen molar-refractivity contribution in [3.8, 4) is 11.5 Å². The highest BCUT2D eigenvalue weighted by atomic mass is 19.4. The Morgan fingerprint density at radius 2 is 1.93 bits per heavy atom. The summed E-state index contributed by atoms with van der Waals surface area (Å²) in [7, 11) is 1.45. The topological polar surface area (TPSA) is 90.7 Å². The lowest BCUT2D eigenvalue weighted by atomic mass is 10.1. The average Bonchev–Trinajstić information content (AvgIpc) is 2.63. The summed E-state index contributed by atoms with van der Waals surface area (Å²) in [5.41, 5.74) is -0.332. The van der Waals surface area contributed by atoms with Gasteiger partial charge in [0.05, 0.1) is 12.0 Å². The fourth-order valence-electron chi connectivity index (χ4n) is 2.23. The summed E-state index contributed by atoms with van der Waals surface area (Å²) in [6.07, 6.45) is -4.58. The molecule has 0 aliphatic heterocycles. The van der Waals surface area contributed by atoms with Crippen molar-refractivity contribution in [2.24, 2.45) is 0 Å². The van der Waals surface area contributed by atoms with Crippen LogP contribution in [-0.2, 0) is 6.54 Å². The van der Waals surface area contributed by atoms with Crippen molar-refractivity contribution >= 4 is 11.6 Å². The summed E-state index contributed by atoms with van der Waals surface area (Å²) in [6.45, 7) is -1.57. The van der Waals surface area contributed by atoms with Gasteiger partial charge in [0.2, 0.25) is 0 Å². The average molecular weight is 384 g/mol. The minimum absolute atomic E-state index is 0.00758. The highest BCUT2D eigenvalue weighted by Crippen LogP contribution is 2.26. The number of methoxy groups -OCH3 is 1. The van der Waals surface area contributed by atoms with Crippen LogP contribution in [0.2, 0.25) is 0 Å².